The van der Waals surface area contributed by atoms with Crippen molar-refractivity contribution in [3.63, 3.8) is 0 Å². The minimum atomic E-state index is -0.0989. The van der Waals surface area contributed by atoms with Crippen LogP contribution in [-0.2, 0) is 5.41 Å². The average molecular weight is 608 g/mol. The minimum Gasteiger partial charge on any atom is -0.456 e. The minimum absolute atomic E-state index is 0.0989. The first kappa shape index (κ1) is 25.9. The van der Waals surface area contributed by atoms with Gasteiger partial charge in [0.2, 0.25) is 0 Å². The molecule has 0 spiro atoms. The third-order valence-electron chi connectivity index (χ3n) is 10.0. The van der Waals surface area contributed by atoms with Gasteiger partial charge in [-0.25, -0.2) is 0 Å². The monoisotopic (exact) mass is 607 g/mol. The zero-order chi connectivity index (χ0) is 30.6. The third kappa shape index (κ3) is 3.52. The molecule has 0 bridgehead atoms. The molecule has 0 fully saturated rings. The molecule has 9 aromatic rings. The Kier molecular flexibility index (Phi) is 5.25. The lowest BCUT2D eigenvalue weighted by atomic mass is 9.82. The quantitative estimate of drug-likeness (QED) is 0.199. The van der Waals surface area contributed by atoms with Crippen molar-refractivity contribution < 1.29 is 4.42 Å². The summed E-state index contributed by atoms with van der Waals surface area (Å²) in [5.74, 6) is 0. The summed E-state index contributed by atoms with van der Waals surface area (Å²) in [6, 6.07) is 51.0. The summed E-state index contributed by atoms with van der Waals surface area (Å²) in [4.78, 5) is 2.46. The van der Waals surface area contributed by atoms with Crippen LogP contribution in [0.3, 0.4) is 0 Å². The van der Waals surface area contributed by atoms with Gasteiger partial charge in [-0.15, -0.1) is 11.3 Å². The Morgan fingerprint density at radius 1 is 0.522 bits per heavy atom. The van der Waals surface area contributed by atoms with E-state index in [-0.39, 0.29) is 5.41 Å². The van der Waals surface area contributed by atoms with Crippen LogP contribution in [0, 0.1) is 0 Å². The number of hydrogen-bond donors (Lipinski definition) is 0. The molecule has 0 saturated heterocycles. The van der Waals surface area contributed by atoms with Crippen LogP contribution in [0.1, 0.15) is 25.0 Å². The van der Waals surface area contributed by atoms with Crippen molar-refractivity contribution in [2.24, 2.45) is 0 Å². The third-order valence-corrected chi connectivity index (χ3v) is 11.2. The van der Waals surface area contributed by atoms with Crippen LogP contribution < -0.4 is 4.90 Å². The van der Waals surface area contributed by atoms with Gasteiger partial charge >= 0.3 is 0 Å². The Bertz CT molecular complexity index is 2690. The van der Waals surface area contributed by atoms with E-state index in [1.807, 2.05) is 17.4 Å². The molecule has 7 aromatic carbocycles. The summed E-state index contributed by atoms with van der Waals surface area (Å²) in [6.07, 6.45) is 0. The smallest absolute Gasteiger partial charge is 0.137 e. The number of thiophene rings is 1. The lowest BCUT2D eigenvalue weighted by Gasteiger charge is -2.30. The summed E-state index contributed by atoms with van der Waals surface area (Å²) >= 11 is 1.87. The number of rotatable bonds is 3. The SMILES string of the molecule is CC1(C)c2ccccc2-c2c(N(c3ccc4c(c3)oc3ccccc34)c3cccc4cc5c(cc34)sc3ccccc35)cccc21. The normalized spacial score (nSPS) is 13.6. The highest BCUT2D eigenvalue weighted by Gasteiger charge is 2.37. The second kappa shape index (κ2) is 9.32. The Morgan fingerprint density at radius 2 is 1.26 bits per heavy atom. The average Bonchev–Trinajstić information content (AvgIpc) is 3.72. The van der Waals surface area contributed by atoms with E-state index in [9.17, 15) is 0 Å². The van der Waals surface area contributed by atoms with E-state index in [2.05, 4.69) is 152 Å². The molecule has 2 aromatic heterocycles. The van der Waals surface area contributed by atoms with Crippen LogP contribution in [-0.4, -0.2) is 0 Å². The van der Waals surface area contributed by atoms with Crippen molar-refractivity contribution in [3.8, 4) is 11.1 Å². The first-order valence-corrected chi connectivity index (χ1v) is 16.7. The molecule has 2 nitrogen and oxygen atoms in total. The Labute approximate surface area is 270 Å². The van der Waals surface area contributed by atoms with Gasteiger partial charge in [-0.2, -0.15) is 0 Å². The van der Waals surface area contributed by atoms with Gasteiger partial charge in [-0.1, -0.05) is 98.8 Å². The zero-order valence-corrected chi connectivity index (χ0v) is 26.4. The van der Waals surface area contributed by atoms with Gasteiger partial charge in [0.25, 0.3) is 0 Å². The fraction of sp³-hybridized carbons (Fsp3) is 0.0698. The number of nitrogens with zero attached hydrogens (tertiary/aromatic N) is 1. The van der Waals surface area contributed by atoms with Crippen LogP contribution in [0.4, 0.5) is 17.1 Å². The highest BCUT2D eigenvalue weighted by atomic mass is 32.1. The van der Waals surface area contributed by atoms with Crippen molar-refractivity contribution in [1.82, 2.24) is 0 Å². The summed E-state index contributed by atoms with van der Waals surface area (Å²) in [5, 5.41) is 7.38. The topological polar surface area (TPSA) is 16.4 Å². The maximum absolute atomic E-state index is 6.45. The molecule has 3 heteroatoms. The second-order valence-electron chi connectivity index (χ2n) is 12.9. The lowest BCUT2D eigenvalue weighted by Crippen LogP contribution is -2.16. The predicted octanol–water partition coefficient (Wildman–Crippen LogP) is 12.9. The molecule has 2 heterocycles. The summed E-state index contributed by atoms with van der Waals surface area (Å²) < 4.78 is 9.08. The van der Waals surface area contributed by atoms with E-state index in [0.29, 0.717) is 0 Å². The van der Waals surface area contributed by atoms with Crippen LogP contribution >= 0.6 is 11.3 Å². The van der Waals surface area contributed by atoms with E-state index in [4.69, 9.17) is 4.42 Å². The van der Waals surface area contributed by atoms with Crippen molar-refractivity contribution in [2.75, 3.05) is 4.90 Å². The Morgan fingerprint density at radius 3 is 2.20 bits per heavy atom. The maximum atomic E-state index is 6.45. The van der Waals surface area contributed by atoms with E-state index >= 15 is 0 Å². The van der Waals surface area contributed by atoms with Crippen molar-refractivity contribution in [1.29, 1.82) is 0 Å². The van der Waals surface area contributed by atoms with Gasteiger partial charge in [0.15, 0.2) is 0 Å². The first-order valence-electron chi connectivity index (χ1n) is 15.9. The molecule has 0 saturated carbocycles. The van der Waals surface area contributed by atoms with Gasteiger partial charge in [0.05, 0.1) is 11.4 Å². The largest absolute Gasteiger partial charge is 0.456 e. The molecular formula is C43H29NOS. The fourth-order valence-corrected chi connectivity index (χ4v) is 8.99. The standard InChI is InChI=1S/C43H29NOS/c1-43(2)34-15-6-3-14-31(34)42-35(43)16-10-18-37(42)44(27-21-22-29-28-12-4-7-19-38(28)45-39(29)24-27)36-17-9-11-26-23-33-30-13-5-8-20-40(30)46-41(33)25-32(26)36/h3-25H,1-2H3. The molecule has 0 amide bonds. The molecular weight excluding hydrogens is 579 g/mol. The zero-order valence-electron chi connectivity index (χ0n) is 25.5. The molecule has 10 rings (SSSR count). The van der Waals surface area contributed by atoms with Crippen molar-refractivity contribution >= 4 is 81.3 Å². The second-order valence-corrected chi connectivity index (χ2v) is 14.0. The number of fused-ring (bicyclic) bond motifs is 10. The maximum Gasteiger partial charge on any atom is 0.137 e. The predicted molar refractivity (Wildman–Crippen MR) is 196 cm³/mol. The fourth-order valence-electron chi connectivity index (χ4n) is 7.86. The van der Waals surface area contributed by atoms with Crippen molar-refractivity contribution in [2.45, 2.75) is 19.3 Å². The molecule has 0 radical (unpaired) electrons. The van der Waals surface area contributed by atoms with Gasteiger partial charge in [0, 0.05) is 59.1 Å². The number of para-hydroxylation sites is 1. The van der Waals surface area contributed by atoms with Crippen LogP contribution in [0.15, 0.2) is 144 Å². The number of benzene rings is 7. The summed E-state index contributed by atoms with van der Waals surface area (Å²) in [7, 11) is 0. The van der Waals surface area contributed by atoms with E-state index in [1.165, 1.54) is 58.9 Å². The highest BCUT2D eigenvalue weighted by molar-refractivity contribution is 7.25. The highest BCUT2D eigenvalue weighted by Crippen LogP contribution is 2.55. The number of hydrogen-bond acceptors (Lipinski definition) is 3. The van der Waals surface area contributed by atoms with E-state index in [0.717, 1.165) is 33.3 Å². The summed E-state index contributed by atoms with van der Waals surface area (Å²) in [5.41, 5.74) is 10.4. The van der Waals surface area contributed by atoms with Gasteiger partial charge in [-0.3, -0.25) is 0 Å². The lowest BCUT2D eigenvalue weighted by molar-refractivity contribution is 0.660. The van der Waals surface area contributed by atoms with Crippen LogP contribution in [0.5, 0.6) is 0 Å². The Balaban J connectivity index is 1.30. The van der Waals surface area contributed by atoms with Crippen LogP contribution in [0.25, 0.3) is 64.0 Å². The van der Waals surface area contributed by atoms with E-state index in [1.54, 1.807) is 0 Å². The molecule has 46 heavy (non-hydrogen) atoms. The molecule has 1 aliphatic carbocycles. The van der Waals surface area contributed by atoms with Crippen molar-refractivity contribution in [3.05, 3.63) is 151 Å². The molecule has 218 valence electrons. The Hall–Kier alpha value is -5.38. The molecule has 1 aliphatic rings. The number of anilines is 3. The first-order chi connectivity index (χ1) is 22.6. The molecule has 0 aliphatic heterocycles. The van der Waals surface area contributed by atoms with Gasteiger partial charge in [-0.05, 0) is 70.6 Å². The summed E-state index contributed by atoms with van der Waals surface area (Å²) in [6.45, 7) is 4.70. The molecule has 0 atom stereocenters. The number of furan rings is 1. The van der Waals surface area contributed by atoms with Crippen LogP contribution in [0.2, 0.25) is 0 Å². The van der Waals surface area contributed by atoms with E-state index < -0.39 is 0 Å². The van der Waals surface area contributed by atoms with Gasteiger partial charge in [0.1, 0.15) is 11.2 Å². The molecule has 0 unspecified atom stereocenters. The molecule has 0 N–H and O–H groups in total. The van der Waals surface area contributed by atoms with Gasteiger partial charge < -0.3 is 9.32 Å².